The van der Waals surface area contributed by atoms with Gasteiger partial charge in [-0.25, -0.2) is 9.59 Å². The Kier molecular flexibility index (Phi) is 6.21. The molecule has 2 heterocycles. The summed E-state index contributed by atoms with van der Waals surface area (Å²) < 4.78 is 5.38. The van der Waals surface area contributed by atoms with E-state index in [0.717, 1.165) is 17.8 Å². The maximum absolute atomic E-state index is 12.4. The van der Waals surface area contributed by atoms with E-state index in [2.05, 4.69) is 15.5 Å². The fourth-order valence-corrected chi connectivity index (χ4v) is 3.30. The van der Waals surface area contributed by atoms with Gasteiger partial charge in [0, 0.05) is 26.7 Å². The van der Waals surface area contributed by atoms with E-state index >= 15 is 0 Å². The van der Waals surface area contributed by atoms with Gasteiger partial charge < -0.3 is 14.5 Å². The molecule has 8 nitrogen and oxygen atoms in total. The molecule has 1 N–H and O–H groups in total. The number of likely N-dealkylation sites (tertiary alicyclic amines) is 1. The summed E-state index contributed by atoms with van der Waals surface area (Å²) in [5.41, 5.74) is -0.510. The molecule has 1 saturated heterocycles. The Bertz CT molecular complexity index is 613. The molecule has 2 rings (SSSR count). The first-order valence-corrected chi connectivity index (χ1v) is 9.26. The summed E-state index contributed by atoms with van der Waals surface area (Å²) in [6.07, 6.45) is 1.56. The number of hydrogen-bond donors (Lipinski definition) is 1. The molecule has 1 aromatic rings. The SMILES string of the molecule is Cc1nnc(NC(=O)N2CCC[C@H](CN(C)C(=O)OC(C)(C)C)C2)s1. The molecule has 0 radical (unpaired) electrons. The number of ether oxygens (including phenoxy) is 1. The van der Waals surface area contributed by atoms with Crippen LogP contribution in [0.15, 0.2) is 0 Å². The zero-order chi connectivity index (χ0) is 18.6. The van der Waals surface area contributed by atoms with Crippen LogP contribution in [0.5, 0.6) is 0 Å². The number of nitrogens with zero attached hydrogens (tertiary/aromatic N) is 4. The molecule has 0 spiro atoms. The molecule has 0 aromatic carbocycles. The van der Waals surface area contributed by atoms with E-state index in [1.807, 2.05) is 27.7 Å². The second-order valence-electron chi connectivity index (χ2n) is 7.37. The highest BCUT2D eigenvalue weighted by atomic mass is 32.1. The number of aromatic nitrogens is 2. The van der Waals surface area contributed by atoms with Gasteiger partial charge in [0.15, 0.2) is 0 Å². The van der Waals surface area contributed by atoms with Crippen molar-refractivity contribution in [3.8, 4) is 0 Å². The first kappa shape index (κ1) is 19.4. The third-order valence-corrected chi connectivity index (χ3v) is 4.54. The van der Waals surface area contributed by atoms with Gasteiger partial charge in [-0.05, 0) is 46.5 Å². The lowest BCUT2D eigenvalue weighted by atomic mass is 9.98. The van der Waals surface area contributed by atoms with Crippen LogP contribution in [0, 0.1) is 12.8 Å². The van der Waals surface area contributed by atoms with Crippen molar-refractivity contribution in [1.82, 2.24) is 20.0 Å². The van der Waals surface area contributed by atoms with Crippen molar-refractivity contribution in [2.75, 3.05) is 32.0 Å². The molecule has 0 bridgehead atoms. The maximum atomic E-state index is 12.4. The summed E-state index contributed by atoms with van der Waals surface area (Å²) in [7, 11) is 1.73. The molecular formula is C16H27N5O3S. The van der Waals surface area contributed by atoms with E-state index in [9.17, 15) is 9.59 Å². The Labute approximate surface area is 152 Å². The molecule has 25 heavy (non-hydrogen) atoms. The van der Waals surface area contributed by atoms with Crippen molar-refractivity contribution in [3.63, 3.8) is 0 Å². The predicted molar refractivity (Wildman–Crippen MR) is 96.8 cm³/mol. The highest BCUT2D eigenvalue weighted by Gasteiger charge is 2.27. The number of anilines is 1. The van der Waals surface area contributed by atoms with E-state index in [4.69, 9.17) is 4.74 Å². The molecule has 1 aliphatic heterocycles. The Morgan fingerprint density at radius 1 is 1.40 bits per heavy atom. The average Bonchev–Trinajstić information content (AvgIpc) is 2.91. The number of piperidine rings is 1. The number of aryl methyl sites for hydroxylation is 1. The van der Waals surface area contributed by atoms with Crippen molar-refractivity contribution < 1.29 is 14.3 Å². The van der Waals surface area contributed by atoms with Crippen LogP contribution in [-0.2, 0) is 4.74 Å². The molecular weight excluding hydrogens is 342 g/mol. The lowest BCUT2D eigenvalue weighted by molar-refractivity contribution is 0.0253. The number of nitrogens with one attached hydrogen (secondary N) is 1. The lowest BCUT2D eigenvalue weighted by Crippen LogP contribution is -2.46. The summed E-state index contributed by atoms with van der Waals surface area (Å²) in [5.74, 6) is 0.230. The fraction of sp³-hybridized carbons (Fsp3) is 0.750. The summed E-state index contributed by atoms with van der Waals surface area (Å²) >= 11 is 1.35. The van der Waals surface area contributed by atoms with Gasteiger partial charge >= 0.3 is 12.1 Å². The van der Waals surface area contributed by atoms with Crippen LogP contribution in [0.1, 0.15) is 38.6 Å². The van der Waals surface area contributed by atoms with Gasteiger partial charge in [-0.2, -0.15) is 0 Å². The minimum atomic E-state index is -0.510. The monoisotopic (exact) mass is 369 g/mol. The predicted octanol–water partition coefficient (Wildman–Crippen LogP) is 2.96. The van der Waals surface area contributed by atoms with Gasteiger partial charge in [0.25, 0.3) is 0 Å². The number of hydrogen-bond acceptors (Lipinski definition) is 6. The largest absolute Gasteiger partial charge is 0.444 e. The van der Waals surface area contributed by atoms with Crippen LogP contribution < -0.4 is 5.32 Å². The Hall–Kier alpha value is -1.90. The lowest BCUT2D eigenvalue weighted by Gasteiger charge is -2.34. The van der Waals surface area contributed by atoms with Crippen molar-refractivity contribution in [1.29, 1.82) is 0 Å². The molecule has 0 aliphatic carbocycles. The van der Waals surface area contributed by atoms with E-state index in [-0.39, 0.29) is 18.0 Å². The minimum absolute atomic E-state index is 0.166. The highest BCUT2D eigenvalue weighted by Crippen LogP contribution is 2.20. The number of carbonyl (C=O) groups excluding carboxylic acids is 2. The Morgan fingerprint density at radius 2 is 2.12 bits per heavy atom. The Balaban J connectivity index is 1.85. The zero-order valence-corrected chi connectivity index (χ0v) is 16.4. The number of carbonyl (C=O) groups is 2. The first-order chi connectivity index (χ1) is 11.6. The van der Waals surface area contributed by atoms with Crippen molar-refractivity contribution in [3.05, 3.63) is 5.01 Å². The van der Waals surface area contributed by atoms with Crippen molar-refractivity contribution in [2.45, 2.75) is 46.1 Å². The highest BCUT2D eigenvalue weighted by molar-refractivity contribution is 7.15. The van der Waals surface area contributed by atoms with E-state index in [1.54, 1.807) is 16.8 Å². The zero-order valence-electron chi connectivity index (χ0n) is 15.5. The van der Waals surface area contributed by atoms with Gasteiger partial charge in [-0.15, -0.1) is 10.2 Å². The van der Waals surface area contributed by atoms with Gasteiger partial charge in [-0.1, -0.05) is 11.3 Å². The van der Waals surface area contributed by atoms with Gasteiger partial charge in [-0.3, -0.25) is 5.32 Å². The van der Waals surface area contributed by atoms with E-state index in [0.29, 0.717) is 24.8 Å². The standard InChI is InChI=1S/C16H27N5O3S/c1-11-18-19-13(25-11)17-14(22)21-8-6-7-12(10-21)9-20(5)15(23)24-16(2,3)4/h12H,6-10H2,1-5H3,(H,17,19,22)/t12-/m1/s1. The molecule has 3 amide bonds. The average molecular weight is 369 g/mol. The minimum Gasteiger partial charge on any atom is -0.444 e. The van der Waals surface area contributed by atoms with E-state index < -0.39 is 5.60 Å². The second-order valence-corrected chi connectivity index (χ2v) is 8.55. The number of rotatable bonds is 3. The second kappa shape index (κ2) is 7.99. The van der Waals surface area contributed by atoms with Crippen LogP contribution in [-0.4, -0.2) is 64.4 Å². The molecule has 1 aromatic heterocycles. The number of urea groups is 1. The van der Waals surface area contributed by atoms with Gasteiger partial charge in [0.1, 0.15) is 10.6 Å². The Morgan fingerprint density at radius 3 is 2.72 bits per heavy atom. The topological polar surface area (TPSA) is 87.7 Å². The van der Waals surface area contributed by atoms with Crippen LogP contribution in [0.2, 0.25) is 0 Å². The van der Waals surface area contributed by atoms with Crippen molar-refractivity contribution >= 4 is 28.6 Å². The van der Waals surface area contributed by atoms with Crippen LogP contribution in [0.3, 0.4) is 0 Å². The third kappa shape index (κ3) is 6.15. The summed E-state index contributed by atoms with van der Waals surface area (Å²) in [6.45, 7) is 9.27. The summed E-state index contributed by atoms with van der Waals surface area (Å²) in [6, 6.07) is -0.166. The number of amides is 3. The molecule has 0 saturated carbocycles. The van der Waals surface area contributed by atoms with Gasteiger partial charge in [0.2, 0.25) is 5.13 Å². The van der Waals surface area contributed by atoms with Gasteiger partial charge in [0.05, 0.1) is 0 Å². The molecule has 1 aliphatic rings. The van der Waals surface area contributed by atoms with Crippen LogP contribution >= 0.6 is 11.3 Å². The smallest absolute Gasteiger partial charge is 0.410 e. The molecule has 1 fully saturated rings. The van der Waals surface area contributed by atoms with Crippen molar-refractivity contribution in [2.24, 2.45) is 5.92 Å². The normalized spacial score (nSPS) is 18.0. The van der Waals surface area contributed by atoms with E-state index in [1.165, 1.54) is 11.3 Å². The molecule has 140 valence electrons. The summed E-state index contributed by atoms with van der Waals surface area (Å²) in [4.78, 5) is 27.8. The quantitative estimate of drug-likeness (QED) is 0.885. The summed E-state index contributed by atoms with van der Waals surface area (Å²) in [5, 5.41) is 11.9. The molecule has 1 atom stereocenters. The first-order valence-electron chi connectivity index (χ1n) is 8.44. The van der Waals surface area contributed by atoms with Crippen LogP contribution in [0.25, 0.3) is 0 Å². The molecule has 0 unspecified atom stereocenters. The fourth-order valence-electron chi connectivity index (χ4n) is 2.72. The maximum Gasteiger partial charge on any atom is 0.410 e. The third-order valence-electron chi connectivity index (χ3n) is 3.78. The van der Waals surface area contributed by atoms with Crippen LogP contribution in [0.4, 0.5) is 14.7 Å². The molecule has 9 heteroatoms.